The second-order valence-electron chi connectivity index (χ2n) is 4.35. The number of hydrogen-bond acceptors (Lipinski definition) is 2. The molecule has 0 saturated carbocycles. The Hall–Kier alpha value is -2.69. The quantitative estimate of drug-likeness (QED) is 0.748. The van der Waals surface area contributed by atoms with Gasteiger partial charge >= 0.3 is 0 Å². The van der Waals surface area contributed by atoms with E-state index < -0.39 is 11.6 Å². The summed E-state index contributed by atoms with van der Waals surface area (Å²) >= 11 is 0. The van der Waals surface area contributed by atoms with E-state index in [4.69, 9.17) is 5.73 Å². The smallest absolute Gasteiger partial charge is 0.153 e. The summed E-state index contributed by atoms with van der Waals surface area (Å²) in [6.45, 7) is 0. The standard InChI is InChI=1S/C15H11F2N3/c16-10-6-7-11(12(17)8-10)13-14(19-20-15(13)18)9-4-2-1-3-5-9/h1-8H,(H3,18,19,20). The van der Waals surface area contributed by atoms with E-state index >= 15 is 0 Å². The summed E-state index contributed by atoms with van der Waals surface area (Å²) in [6, 6.07) is 12.7. The van der Waals surface area contributed by atoms with Crippen molar-refractivity contribution in [2.75, 3.05) is 5.73 Å². The Bertz CT molecular complexity index is 751. The molecule has 0 bridgehead atoms. The zero-order valence-corrected chi connectivity index (χ0v) is 10.4. The summed E-state index contributed by atoms with van der Waals surface area (Å²) in [5.74, 6) is -1.13. The SMILES string of the molecule is Nc1n[nH]c(-c2ccccc2)c1-c1ccc(F)cc1F. The second kappa shape index (κ2) is 4.77. The number of nitrogens with one attached hydrogen (secondary N) is 1. The molecule has 1 heterocycles. The predicted octanol–water partition coefficient (Wildman–Crippen LogP) is 3.60. The Morgan fingerprint density at radius 1 is 1.00 bits per heavy atom. The van der Waals surface area contributed by atoms with Crippen molar-refractivity contribution in [1.29, 1.82) is 0 Å². The highest BCUT2D eigenvalue weighted by molar-refractivity contribution is 5.87. The summed E-state index contributed by atoms with van der Waals surface area (Å²) in [5, 5.41) is 6.72. The normalized spacial score (nSPS) is 10.7. The molecule has 0 fully saturated rings. The van der Waals surface area contributed by atoms with E-state index in [0.29, 0.717) is 11.3 Å². The van der Waals surface area contributed by atoms with Crippen LogP contribution in [0.25, 0.3) is 22.4 Å². The van der Waals surface area contributed by atoms with Crippen molar-refractivity contribution in [2.24, 2.45) is 0 Å². The molecule has 0 aliphatic rings. The van der Waals surface area contributed by atoms with Crippen LogP contribution in [0, 0.1) is 11.6 Å². The van der Waals surface area contributed by atoms with Crippen LogP contribution >= 0.6 is 0 Å². The van der Waals surface area contributed by atoms with Gasteiger partial charge in [-0.25, -0.2) is 8.78 Å². The zero-order valence-electron chi connectivity index (χ0n) is 10.4. The summed E-state index contributed by atoms with van der Waals surface area (Å²) < 4.78 is 27.0. The second-order valence-corrected chi connectivity index (χ2v) is 4.35. The molecule has 0 unspecified atom stereocenters. The van der Waals surface area contributed by atoms with E-state index in [1.54, 1.807) is 0 Å². The zero-order chi connectivity index (χ0) is 14.1. The molecule has 3 aromatic rings. The summed E-state index contributed by atoms with van der Waals surface area (Å²) in [5.41, 5.74) is 7.91. The van der Waals surface area contributed by atoms with Crippen LogP contribution in [0.5, 0.6) is 0 Å². The first kappa shape index (κ1) is 12.3. The fraction of sp³-hybridized carbons (Fsp3) is 0. The van der Waals surface area contributed by atoms with Gasteiger partial charge in [0.2, 0.25) is 0 Å². The highest BCUT2D eigenvalue weighted by Gasteiger charge is 2.18. The van der Waals surface area contributed by atoms with E-state index in [2.05, 4.69) is 10.2 Å². The summed E-state index contributed by atoms with van der Waals surface area (Å²) in [7, 11) is 0. The number of aromatic nitrogens is 2. The van der Waals surface area contributed by atoms with E-state index in [1.807, 2.05) is 30.3 Å². The van der Waals surface area contributed by atoms with Gasteiger partial charge in [0.25, 0.3) is 0 Å². The number of nitrogens with two attached hydrogens (primary N) is 1. The van der Waals surface area contributed by atoms with Gasteiger partial charge in [-0.05, 0) is 12.1 Å². The molecule has 0 saturated heterocycles. The van der Waals surface area contributed by atoms with Gasteiger partial charge in [-0.2, -0.15) is 5.10 Å². The van der Waals surface area contributed by atoms with Crippen LogP contribution in [0.15, 0.2) is 48.5 Å². The van der Waals surface area contributed by atoms with Crippen LogP contribution in [0.2, 0.25) is 0 Å². The number of nitrogen functional groups attached to an aromatic ring is 1. The number of anilines is 1. The molecule has 3 N–H and O–H groups in total. The maximum absolute atomic E-state index is 14.0. The van der Waals surface area contributed by atoms with E-state index in [0.717, 1.165) is 11.6 Å². The molecular weight excluding hydrogens is 260 g/mol. The van der Waals surface area contributed by atoms with E-state index in [1.165, 1.54) is 12.1 Å². The molecular formula is C15H11F2N3. The van der Waals surface area contributed by atoms with Crippen LogP contribution in [0.3, 0.4) is 0 Å². The Labute approximate surface area is 114 Å². The van der Waals surface area contributed by atoms with Gasteiger partial charge in [0.05, 0.1) is 11.3 Å². The average molecular weight is 271 g/mol. The van der Waals surface area contributed by atoms with Crippen LogP contribution in [0.1, 0.15) is 0 Å². The lowest BCUT2D eigenvalue weighted by molar-refractivity contribution is 0.585. The fourth-order valence-electron chi connectivity index (χ4n) is 2.13. The first-order valence-electron chi connectivity index (χ1n) is 6.01. The molecule has 0 spiro atoms. The maximum Gasteiger partial charge on any atom is 0.153 e. The van der Waals surface area contributed by atoms with Gasteiger partial charge in [0.1, 0.15) is 11.6 Å². The van der Waals surface area contributed by atoms with Crippen molar-refractivity contribution in [2.45, 2.75) is 0 Å². The Balaban J connectivity index is 2.22. The fourth-order valence-corrected chi connectivity index (χ4v) is 2.13. The average Bonchev–Trinajstić information content (AvgIpc) is 2.82. The lowest BCUT2D eigenvalue weighted by atomic mass is 10.0. The number of H-pyrrole nitrogens is 1. The van der Waals surface area contributed by atoms with Crippen LogP contribution < -0.4 is 5.73 Å². The van der Waals surface area contributed by atoms with Crippen molar-refractivity contribution in [3.05, 3.63) is 60.2 Å². The molecule has 0 radical (unpaired) electrons. The lowest BCUT2D eigenvalue weighted by Gasteiger charge is -2.06. The molecule has 0 atom stereocenters. The molecule has 5 heteroatoms. The topological polar surface area (TPSA) is 54.7 Å². The van der Waals surface area contributed by atoms with Crippen molar-refractivity contribution in [1.82, 2.24) is 10.2 Å². The van der Waals surface area contributed by atoms with Gasteiger partial charge in [-0.15, -0.1) is 0 Å². The molecule has 0 aliphatic heterocycles. The minimum absolute atomic E-state index is 0.175. The maximum atomic E-state index is 14.0. The van der Waals surface area contributed by atoms with Crippen molar-refractivity contribution >= 4 is 5.82 Å². The van der Waals surface area contributed by atoms with Crippen LogP contribution in [-0.4, -0.2) is 10.2 Å². The molecule has 100 valence electrons. The van der Waals surface area contributed by atoms with E-state index in [-0.39, 0.29) is 11.4 Å². The third kappa shape index (κ3) is 2.03. The minimum atomic E-state index is -0.671. The monoisotopic (exact) mass is 271 g/mol. The first-order chi connectivity index (χ1) is 9.66. The molecule has 2 aromatic carbocycles. The highest BCUT2D eigenvalue weighted by atomic mass is 19.1. The van der Waals surface area contributed by atoms with Crippen molar-refractivity contribution < 1.29 is 8.78 Å². The number of benzene rings is 2. The molecule has 1 aromatic heterocycles. The van der Waals surface area contributed by atoms with Crippen LogP contribution in [0.4, 0.5) is 14.6 Å². The van der Waals surface area contributed by atoms with E-state index in [9.17, 15) is 8.78 Å². The van der Waals surface area contributed by atoms with Gasteiger partial charge < -0.3 is 5.73 Å². The van der Waals surface area contributed by atoms with Crippen molar-refractivity contribution in [3.63, 3.8) is 0 Å². The first-order valence-corrected chi connectivity index (χ1v) is 6.01. The third-order valence-corrected chi connectivity index (χ3v) is 3.06. The molecule has 20 heavy (non-hydrogen) atoms. The molecule has 3 nitrogen and oxygen atoms in total. The van der Waals surface area contributed by atoms with Gasteiger partial charge in [-0.1, -0.05) is 30.3 Å². The van der Waals surface area contributed by atoms with Gasteiger partial charge in [-0.3, -0.25) is 5.10 Å². The number of aromatic amines is 1. The summed E-state index contributed by atoms with van der Waals surface area (Å²) in [6.07, 6.45) is 0. The van der Waals surface area contributed by atoms with Crippen molar-refractivity contribution in [3.8, 4) is 22.4 Å². The minimum Gasteiger partial charge on any atom is -0.382 e. The molecule has 0 aliphatic carbocycles. The predicted molar refractivity (Wildman–Crippen MR) is 73.8 cm³/mol. The number of nitrogens with zero attached hydrogens (tertiary/aromatic N) is 1. The van der Waals surface area contributed by atoms with Gasteiger partial charge in [0.15, 0.2) is 5.82 Å². The lowest BCUT2D eigenvalue weighted by Crippen LogP contribution is -1.92. The Morgan fingerprint density at radius 3 is 2.45 bits per heavy atom. The third-order valence-electron chi connectivity index (χ3n) is 3.06. The van der Waals surface area contributed by atoms with Gasteiger partial charge in [0, 0.05) is 17.2 Å². The number of rotatable bonds is 2. The molecule has 3 rings (SSSR count). The highest BCUT2D eigenvalue weighted by Crippen LogP contribution is 2.36. The Morgan fingerprint density at radius 2 is 1.75 bits per heavy atom. The number of halogens is 2. The number of hydrogen-bond donors (Lipinski definition) is 2. The largest absolute Gasteiger partial charge is 0.382 e. The Kier molecular flexibility index (Phi) is 2.95. The summed E-state index contributed by atoms with van der Waals surface area (Å²) in [4.78, 5) is 0. The molecule has 0 amide bonds. The van der Waals surface area contributed by atoms with Crippen LogP contribution in [-0.2, 0) is 0 Å².